The number of anilines is 1. The Hall–Kier alpha value is -1.27. The van der Waals surface area contributed by atoms with Gasteiger partial charge >= 0.3 is 6.18 Å². The van der Waals surface area contributed by atoms with E-state index in [0.29, 0.717) is 13.0 Å². The van der Waals surface area contributed by atoms with Gasteiger partial charge in [0.1, 0.15) is 6.61 Å². The number of benzene rings is 2. The SMILES string of the molecule is FC(F)(F)COCCCNc1ccc(Br)c2ccccc12. The third kappa shape index (κ3) is 4.89. The van der Waals surface area contributed by atoms with E-state index < -0.39 is 12.8 Å². The van der Waals surface area contributed by atoms with Gasteiger partial charge in [-0.25, -0.2) is 0 Å². The molecule has 0 bridgehead atoms. The van der Waals surface area contributed by atoms with Gasteiger partial charge in [-0.1, -0.05) is 40.2 Å². The minimum Gasteiger partial charge on any atom is -0.384 e. The number of fused-ring (bicyclic) bond motifs is 1. The molecule has 0 aliphatic rings. The lowest BCUT2D eigenvalue weighted by Crippen LogP contribution is -2.18. The van der Waals surface area contributed by atoms with Crippen molar-refractivity contribution in [1.29, 1.82) is 0 Å². The Bertz CT molecular complexity index is 601. The number of hydrogen-bond acceptors (Lipinski definition) is 2. The average molecular weight is 362 g/mol. The van der Waals surface area contributed by atoms with Crippen LogP contribution in [-0.2, 0) is 4.74 Å². The van der Waals surface area contributed by atoms with Crippen LogP contribution in [-0.4, -0.2) is 25.9 Å². The van der Waals surface area contributed by atoms with E-state index in [1.807, 2.05) is 36.4 Å². The summed E-state index contributed by atoms with van der Waals surface area (Å²) in [5.41, 5.74) is 0.963. The molecule has 0 saturated carbocycles. The molecule has 114 valence electrons. The van der Waals surface area contributed by atoms with Gasteiger partial charge in [0.15, 0.2) is 0 Å². The maximum Gasteiger partial charge on any atom is 0.411 e. The minimum atomic E-state index is -4.25. The summed E-state index contributed by atoms with van der Waals surface area (Å²) in [6.45, 7) is -0.543. The fourth-order valence-corrected chi connectivity index (χ4v) is 2.48. The fraction of sp³-hybridized carbons (Fsp3) is 0.333. The van der Waals surface area contributed by atoms with Gasteiger partial charge in [-0.05, 0) is 23.9 Å². The van der Waals surface area contributed by atoms with Crippen LogP contribution < -0.4 is 5.32 Å². The highest BCUT2D eigenvalue weighted by Gasteiger charge is 2.27. The first-order valence-electron chi connectivity index (χ1n) is 6.53. The first kappa shape index (κ1) is 16.1. The van der Waals surface area contributed by atoms with Crippen LogP contribution in [0.2, 0.25) is 0 Å². The van der Waals surface area contributed by atoms with E-state index in [0.717, 1.165) is 20.9 Å². The molecule has 0 spiro atoms. The molecule has 2 nitrogen and oxygen atoms in total. The second kappa shape index (κ2) is 7.13. The zero-order valence-electron chi connectivity index (χ0n) is 11.2. The molecule has 0 unspecified atom stereocenters. The number of alkyl halides is 3. The first-order valence-corrected chi connectivity index (χ1v) is 7.32. The predicted molar refractivity (Wildman–Crippen MR) is 81.6 cm³/mol. The van der Waals surface area contributed by atoms with E-state index in [4.69, 9.17) is 0 Å². The molecule has 2 aromatic carbocycles. The van der Waals surface area contributed by atoms with E-state index in [9.17, 15) is 13.2 Å². The summed E-state index contributed by atoms with van der Waals surface area (Å²) in [4.78, 5) is 0. The van der Waals surface area contributed by atoms with Crippen LogP contribution in [0.1, 0.15) is 6.42 Å². The minimum absolute atomic E-state index is 0.0843. The van der Waals surface area contributed by atoms with Crippen LogP contribution in [0.25, 0.3) is 10.8 Å². The summed E-state index contributed by atoms with van der Waals surface area (Å²) in [7, 11) is 0. The topological polar surface area (TPSA) is 21.3 Å². The summed E-state index contributed by atoms with van der Waals surface area (Å²) < 4.78 is 41.3. The monoisotopic (exact) mass is 361 g/mol. The van der Waals surface area contributed by atoms with Gasteiger partial charge in [-0.2, -0.15) is 13.2 Å². The van der Waals surface area contributed by atoms with Crippen LogP contribution in [0.15, 0.2) is 40.9 Å². The van der Waals surface area contributed by atoms with Gasteiger partial charge in [0, 0.05) is 28.7 Å². The van der Waals surface area contributed by atoms with Crippen molar-refractivity contribution in [3.05, 3.63) is 40.9 Å². The summed E-state index contributed by atoms with van der Waals surface area (Å²) in [6, 6.07) is 11.8. The largest absolute Gasteiger partial charge is 0.411 e. The van der Waals surface area contributed by atoms with Crippen molar-refractivity contribution >= 4 is 32.4 Å². The van der Waals surface area contributed by atoms with Crippen molar-refractivity contribution in [3.8, 4) is 0 Å². The van der Waals surface area contributed by atoms with Gasteiger partial charge in [-0.3, -0.25) is 0 Å². The molecule has 1 N–H and O–H groups in total. The molecule has 0 heterocycles. The molecule has 21 heavy (non-hydrogen) atoms. The number of ether oxygens (including phenoxy) is 1. The van der Waals surface area contributed by atoms with Gasteiger partial charge < -0.3 is 10.1 Å². The molecule has 2 aromatic rings. The summed E-state index contributed by atoms with van der Waals surface area (Å²) >= 11 is 3.50. The van der Waals surface area contributed by atoms with Crippen molar-refractivity contribution in [2.45, 2.75) is 12.6 Å². The standard InChI is InChI=1S/C15H15BrF3NO/c16-13-6-7-14(12-5-2-1-4-11(12)13)20-8-3-9-21-10-15(17,18)19/h1-2,4-7,20H,3,8-10H2. The second-order valence-corrected chi connectivity index (χ2v) is 5.44. The second-order valence-electron chi connectivity index (χ2n) is 4.59. The summed E-state index contributed by atoms with van der Waals surface area (Å²) in [6.07, 6.45) is -3.74. The summed E-state index contributed by atoms with van der Waals surface area (Å²) in [5.74, 6) is 0. The van der Waals surface area contributed by atoms with Crippen LogP contribution in [0, 0.1) is 0 Å². The summed E-state index contributed by atoms with van der Waals surface area (Å²) in [5, 5.41) is 5.40. The van der Waals surface area contributed by atoms with Crippen LogP contribution in [0.4, 0.5) is 18.9 Å². The highest BCUT2D eigenvalue weighted by molar-refractivity contribution is 9.10. The molecule has 0 radical (unpaired) electrons. The highest BCUT2D eigenvalue weighted by Crippen LogP contribution is 2.29. The van der Waals surface area contributed by atoms with Gasteiger partial charge in [-0.15, -0.1) is 0 Å². The third-order valence-corrected chi connectivity index (χ3v) is 3.61. The van der Waals surface area contributed by atoms with Crippen molar-refractivity contribution in [1.82, 2.24) is 0 Å². The first-order chi connectivity index (χ1) is 9.97. The molecule has 2 rings (SSSR count). The van der Waals surface area contributed by atoms with E-state index in [1.165, 1.54) is 0 Å². The Morgan fingerprint density at radius 3 is 2.48 bits per heavy atom. The predicted octanol–water partition coefficient (Wildman–Crippen LogP) is 4.98. The Labute approximate surface area is 129 Å². The average Bonchev–Trinajstić information content (AvgIpc) is 2.44. The van der Waals surface area contributed by atoms with E-state index in [-0.39, 0.29) is 6.61 Å². The maximum absolute atomic E-state index is 11.9. The molecule has 0 fully saturated rings. The maximum atomic E-state index is 11.9. The molecular formula is C15H15BrF3NO. The van der Waals surface area contributed by atoms with Crippen LogP contribution in [0.5, 0.6) is 0 Å². The van der Waals surface area contributed by atoms with Gasteiger partial charge in [0.2, 0.25) is 0 Å². The molecule has 0 saturated heterocycles. The lowest BCUT2D eigenvalue weighted by molar-refractivity contribution is -0.173. The smallest absolute Gasteiger partial charge is 0.384 e. The lowest BCUT2D eigenvalue weighted by Gasteiger charge is -2.11. The zero-order valence-corrected chi connectivity index (χ0v) is 12.8. The van der Waals surface area contributed by atoms with Crippen molar-refractivity contribution in [2.75, 3.05) is 25.1 Å². The zero-order chi connectivity index (χ0) is 15.3. The lowest BCUT2D eigenvalue weighted by atomic mass is 10.1. The quantitative estimate of drug-likeness (QED) is 0.732. The third-order valence-electron chi connectivity index (χ3n) is 2.92. The van der Waals surface area contributed by atoms with E-state index >= 15 is 0 Å². The Kier molecular flexibility index (Phi) is 5.47. The molecule has 6 heteroatoms. The van der Waals surface area contributed by atoms with Gasteiger partial charge in [0.25, 0.3) is 0 Å². The Morgan fingerprint density at radius 2 is 1.76 bits per heavy atom. The van der Waals surface area contributed by atoms with Crippen LogP contribution >= 0.6 is 15.9 Å². The fourth-order valence-electron chi connectivity index (χ4n) is 2.00. The van der Waals surface area contributed by atoms with Crippen molar-refractivity contribution in [2.24, 2.45) is 0 Å². The molecule has 0 aliphatic carbocycles. The number of rotatable bonds is 6. The Morgan fingerprint density at radius 1 is 1.05 bits per heavy atom. The number of nitrogens with one attached hydrogen (secondary N) is 1. The van der Waals surface area contributed by atoms with Crippen molar-refractivity contribution < 1.29 is 17.9 Å². The van der Waals surface area contributed by atoms with E-state index in [2.05, 4.69) is 26.0 Å². The molecule has 0 atom stereocenters. The molecule has 0 amide bonds. The van der Waals surface area contributed by atoms with Crippen LogP contribution in [0.3, 0.4) is 0 Å². The van der Waals surface area contributed by atoms with Gasteiger partial charge in [0.05, 0.1) is 0 Å². The highest BCUT2D eigenvalue weighted by atomic mass is 79.9. The number of hydrogen-bond donors (Lipinski definition) is 1. The normalized spacial score (nSPS) is 11.8. The molecule has 0 aromatic heterocycles. The molecule has 0 aliphatic heterocycles. The van der Waals surface area contributed by atoms with Crippen molar-refractivity contribution in [3.63, 3.8) is 0 Å². The Balaban J connectivity index is 1.86. The number of halogens is 4. The molecular weight excluding hydrogens is 347 g/mol. The van der Waals surface area contributed by atoms with E-state index in [1.54, 1.807) is 0 Å².